The third kappa shape index (κ3) is 2.32. The van der Waals surface area contributed by atoms with Gasteiger partial charge in [-0.25, -0.2) is 25.6 Å². The van der Waals surface area contributed by atoms with Crippen LogP contribution in [0.25, 0.3) is 0 Å². The van der Waals surface area contributed by atoms with E-state index in [1.165, 1.54) is 18.2 Å². The van der Waals surface area contributed by atoms with Crippen molar-refractivity contribution in [3.8, 4) is 0 Å². The maximum atomic E-state index is 13.5. The molecule has 0 aliphatic rings. The Balaban J connectivity index is 2.67. The van der Waals surface area contributed by atoms with Crippen LogP contribution in [-0.2, 0) is 17.7 Å². The summed E-state index contributed by atoms with van der Waals surface area (Å²) in [6, 6.07) is 7.91. The highest BCUT2D eigenvalue weighted by Crippen LogP contribution is 2.26. The van der Waals surface area contributed by atoms with E-state index in [2.05, 4.69) is 0 Å². The average molecular weight is 318 g/mol. The number of benzene rings is 2. The van der Waals surface area contributed by atoms with E-state index in [-0.39, 0.29) is 0 Å². The fraction of sp³-hybridized carbons (Fsp3) is 0. The van der Waals surface area contributed by atoms with Crippen molar-refractivity contribution in [3.05, 3.63) is 60.2 Å². The van der Waals surface area contributed by atoms with Crippen LogP contribution in [0, 0.1) is 11.6 Å². The minimum atomic E-state index is -5.01. The Morgan fingerprint density at radius 1 is 0.750 bits per heavy atom. The fourth-order valence-corrected chi connectivity index (χ4v) is 5.23. The molecule has 0 unspecified atom stereocenters. The Hall–Kier alpha value is -1.80. The molecule has 2 aromatic carbocycles. The summed E-state index contributed by atoms with van der Waals surface area (Å²) in [5.74, 6) is -2.46. The van der Waals surface area contributed by atoms with Crippen LogP contribution in [0.2, 0.25) is 0 Å². The Kier molecular flexibility index (Phi) is 3.61. The molecule has 0 aromatic heterocycles. The number of hydrogen-bond acceptors (Lipinski definition) is 4. The molecule has 0 aliphatic heterocycles. The van der Waals surface area contributed by atoms with E-state index in [0.717, 1.165) is 12.1 Å². The molecule has 0 radical (unpaired) electrons. The van der Waals surface area contributed by atoms with Crippen LogP contribution in [0.4, 0.5) is 8.78 Å². The zero-order valence-corrected chi connectivity index (χ0v) is 11.5. The lowest BCUT2D eigenvalue weighted by Crippen LogP contribution is -2.17. The second-order valence-electron chi connectivity index (χ2n) is 3.80. The summed E-state index contributed by atoms with van der Waals surface area (Å²) in [5.41, 5.74) is 0. The van der Waals surface area contributed by atoms with Crippen molar-refractivity contribution < 1.29 is 25.6 Å². The first-order valence-corrected chi connectivity index (χ1v) is 8.75. The van der Waals surface area contributed by atoms with Gasteiger partial charge in [0.15, 0.2) is 0 Å². The van der Waals surface area contributed by atoms with Gasteiger partial charge < -0.3 is 0 Å². The lowest BCUT2D eigenvalue weighted by Gasteiger charge is -2.07. The molecule has 0 saturated carbocycles. The van der Waals surface area contributed by atoms with Crippen molar-refractivity contribution >= 4 is 17.7 Å². The van der Waals surface area contributed by atoms with Crippen LogP contribution in [0.1, 0.15) is 0 Å². The van der Waals surface area contributed by atoms with Crippen molar-refractivity contribution in [1.82, 2.24) is 0 Å². The van der Waals surface area contributed by atoms with E-state index in [0.29, 0.717) is 18.2 Å². The van der Waals surface area contributed by atoms with E-state index in [9.17, 15) is 25.6 Å². The zero-order chi connectivity index (χ0) is 15.0. The highest BCUT2D eigenvalue weighted by Gasteiger charge is 2.35. The molecule has 0 amide bonds. The summed E-state index contributed by atoms with van der Waals surface area (Å²) in [6.45, 7) is 0. The molecule has 8 heteroatoms. The van der Waals surface area contributed by atoms with E-state index in [1.807, 2.05) is 0 Å². The van der Waals surface area contributed by atoms with Crippen LogP contribution in [0.3, 0.4) is 0 Å². The summed E-state index contributed by atoms with van der Waals surface area (Å²) >= 11 is 0. The minimum Gasteiger partial charge on any atom is -0.207 e. The molecular formula is C12H8F2O4S2. The van der Waals surface area contributed by atoms with E-state index in [1.54, 1.807) is 0 Å². The number of halogens is 2. The van der Waals surface area contributed by atoms with Gasteiger partial charge in [-0.15, -0.1) is 0 Å². The molecule has 0 heterocycles. The van der Waals surface area contributed by atoms with Gasteiger partial charge in [-0.05, 0) is 24.3 Å². The quantitative estimate of drug-likeness (QED) is 0.813. The summed E-state index contributed by atoms with van der Waals surface area (Å²) in [5, 5.41) is 0. The van der Waals surface area contributed by atoms with Gasteiger partial charge >= 0.3 is 0 Å². The van der Waals surface area contributed by atoms with Gasteiger partial charge in [0.25, 0.3) is 17.7 Å². The predicted molar refractivity (Wildman–Crippen MR) is 67.2 cm³/mol. The molecule has 20 heavy (non-hydrogen) atoms. The molecule has 4 nitrogen and oxygen atoms in total. The minimum absolute atomic E-state index is 0.313. The smallest absolute Gasteiger partial charge is 0.207 e. The molecule has 0 spiro atoms. The van der Waals surface area contributed by atoms with Crippen molar-refractivity contribution in [3.63, 3.8) is 0 Å². The second-order valence-corrected chi connectivity index (χ2v) is 9.16. The lowest BCUT2D eigenvalue weighted by molar-refractivity contribution is 0.549. The summed E-state index contributed by atoms with van der Waals surface area (Å²) in [7, 11) is -9.83. The van der Waals surface area contributed by atoms with Crippen LogP contribution in [0.15, 0.2) is 58.3 Å². The van der Waals surface area contributed by atoms with Crippen LogP contribution in [-0.4, -0.2) is 16.8 Å². The third-order valence-corrected chi connectivity index (χ3v) is 7.63. The first-order chi connectivity index (χ1) is 9.26. The maximum Gasteiger partial charge on any atom is 0.289 e. The molecule has 2 rings (SSSR count). The standard InChI is InChI=1S/C12H8F2O4S2/c13-9-6-7-12(11(14)8-9)20(17,18)19(15,16)10-4-2-1-3-5-10/h1-8H. The van der Waals surface area contributed by atoms with Crippen molar-refractivity contribution in [2.45, 2.75) is 9.79 Å². The molecular weight excluding hydrogens is 310 g/mol. The lowest BCUT2D eigenvalue weighted by atomic mass is 10.3. The molecule has 0 N–H and O–H groups in total. The van der Waals surface area contributed by atoms with Gasteiger partial charge in [-0.3, -0.25) is 0 Å². The normalized spacial score (nSPS) is 12.3. The fourth-order valence-electron chi connectivity index (χ4n) is 1.51. The van der Waals surface area contributed by atoms with Crippen LogP contribution in [0.5, 0.6) is 0 Å². The Morgan fingerprint density at radius 2 is 1.35 bits per heavy atom. The second kappa shape index (κ2) is 4.95. The summed E-state index contributed by atoms with van der Waals surface area (Å²) in [6.07, 6.45) is 0. The largest absolute Gasteiger partial charge is 0.289 e. The van der Waals surface area contributed by atoms with Gasteiger partial charge in [0.1, 0.15) is 16.5 Å². The van der Waals surface area contributed by atoms with Crippen LogP contribution < -0.4 is 0 Å². The monoisotopic (exact) mass is 318 g/mol. The Bertz CT molecular complexity index is 844. The van der Waals surface area contributed by atoms with Crippen molar-refractivity contribution in [1.29, 1.82) is 0 Å². The average Bonchev–Trinajstić information content (AvgIpc) is 2.39. The zero-order valence-electron chi connectivity index (χ0n) is 9.82. The molecule has 0 bridgehead atoms. The highest BCUT2D eigenvalue weighted by molar-refractivity contribution is 8.67. The van der Waals surface area contributed by atoms with Gasteiger partial charge in [0, 0.05) is 6.07 Å². The van der Waals surface area contributed by atoms with E-state index < -0.39 is 39.2 Å². The molecule has 106 valence electrons. The topological polar surface area (TPSA) is 68.3 Å². The van der Waals surface area contributed by atoms with Gasteiger partial charge in [0.05, 0.1) is 4.90 Å². The van der Waals surface area contributed by atoms with Gasteiger partial charge in [0.2, 0.25) is 0 Å². The molecule has 0 fully saturated rings. The number of hydrogen-bond donors (Lipinski definition) is 0. The SMILES string of the molecule is O=S(=O)(c1ccccc1)S(=O)(=O)c1ccc(F)cc1F. The van der Waals surface area contributed by atoms with Crippen LogP contribution >= 0.6 is 0 Å². The first kappa shape index (κ1) is 14.6. The Morgan fingerprint density at radius 3 is 1.90 bits per heavy atom. The Labute approximate surface area is 113 Å². The summed E-state index contributed by atoms with van der Waals surface area (Å²) in [4.78, 5) is -1.56. The van der Waals surface area contributed by atoms with Crippen molar-refractivity contribution in [2.75, 3.05) is 0 Å². The maximum absolute atomic E-state index is 13.5. The molecule has 0 atom stereocenters. The predicted octanol–water partition coefficient (Wildman–Crippen LogP) is 2.13. The van der Waals surface area contributed by atoms with Gasteiger partial charge in [-0.1, -0.05) is 18.2 Å². The highest BCUT2D eigenvalue weighted by atomic mass is 33.2. The molecule has 2 aromatic rings. The van der Waals surface area contributed by atoms with Crippen molar-refractivity contribution in [2.24, 2.45) is 0 Å². The molecule has 0 saturated heterocycles. The van der Waals surface area contributed by atoms with E-state index >= 15 is 0 Å². The third-order valence-electron chi connectivity index (χ3n) is 2.48. The summed E-state index contributed by atoms with van der Waals surface area (Å²) < 4.78 is 74.4. The van der Waals surface area contributed by atoms with E-state index in [4.69, 9.17) is 0 Å². The molecule has 0 aliphatic carbocycles. The van der Waals surface area contributed by atoms with Gasteiger partial charge in [-0.2, -0.15) is 0 Å². The first-order valence-electron chi connectivity index (χ1n) is 5.27. The number of rotatable bonds is 3.